The second kappa shape index (κ2) is 5.47. The summed E-state index contributed by atoms with van der Waals surface area (Å²) in [6.07, 6.45) is 5.20. The van der Waals surface area contributed by atoms with Gasteiger partial charge in [-0.25, -0.2) is 9.97 Å². The quantitative estimate of drug-likeness (QED) is 0.674. The number of hydrogen-bond acceptors (Lipinski definition) is 5. The molecule has 1 aliphatic heterocycles. The zero-order chi connectivity index (χ0) is 15.2. The molecule has 0 bridgehead atoms. The summed E-state index contributed by atoms with van der Waals surface area (Å²) < 4.78 is -0.868. The molecule has 3 atom stereocenters. The van der Waals surface area contributed by atoms with Crippen LogP contribution in [0.1, 0.15) is 51.5 Å². The standard InChI is InChI=1S/C15H20N2O2S2/c1-8-4-5-9-10(6-8)20-12-11(9)13(17-7-16-12)21-15(2,3)14(18)19/h7-10H,4-6H2,1-3H3,(H,18,19). The van der Waals surface area contributed by atoms with Crippen LogP contribution >= 0.6 is 23.5 Å². The lowest BCUT2D eigenvalue weighted by Crippen LogP contribution is -2.28. The van der Waals surface area contributed by atoms with Crippen LogP contribution < -0.4 is 0 Å². The van der Waals surface area contributed by atoms with Gasteiger partial charge in [0.25, 0.3) is 0 Å². The monoisotopic (exact) mass is 324 g/mol. The molecule has 0 saturated heterocycles. The normalized spacial score (nSPS) is 28.0. The van der Waals surface area contributed by atoms with E-state index in [1.54, 1.807) is 20.2 Å². The molecular formula is C15H20N2O2S2. The number of thioether (sulfide) groups is 2. The molecule has 0 aromatic carbocycles. The second-order valence-electron chi connectivity index (χ2n) is 6.50. The number of carbonyl (C=O) groups is 1. The first-order valence-corrected chi connectivity index (χ1v) is 9.02. The summed E-state index contributed by atoms with van der Waals surface area (Å²) in [7, 11) is 0. The number of carboxylic acids is 1. The Hall–Kier alpha value is -0.750. The van der Waals surface area contributed by atoms with Gasteiger partial charge in [-0.1, -0.05) is 25.1 Å². The van der Waals surface area contributed by atoms with E-state index in [1.165, 1.54) is 36.6 Å². The predicted molar refractivity (Wildman–Crippen MR) is 85.0 cm³/mol. The van der Waals surface area contributed by atoms with Crippen LogP contribution in [0.3, 0.4) is 0 Å². The summed E-state index contributed by atoms with van der Waals surface area (Å²) in [5.41, 5.74) is 1.21. The van der Waals surface area contributed by atoms with Crippen molar-refractivity contribution in [2.75, 3.05) is 0 Å². The first-order chi connectivity index (χ1) is 9.88. The summed E-state index contributed by atoms with van der Waals surface area (Å²) in [4.78, 5) is 20.2. The van der Waals surface area contributed by atoms with E-state index >= 15 is 0 Å². The molecule has 3 rings (SSSR count). The lowest BCUT2D eigenvalue weighted by Gasteiger charge is -2.30. The smallest absolute Gasteiger partial charge is 0.319 e. The molecule has 0 amide bonds. The Morgan fingerprint density at radius 3 is 2.90 bits per heavy atom. The van der Waals surface area contributed by atoms with Crippen LogP contribution in [0.15, 0.2) is 16.4 Å². The van der Waals surface area contributed by atoms with E-state index in [4.69, 9.17) is 0 Å². The summed E-state index contributed by atoms with van der Waals surface area (Å²) in [6.45, 7) is 5.78. The lowest BCUT2D eigenvalue weighted by atomic mass is 9.80. The minimum atomic E-state index is -0.868. The molecule has 3 unspecified atom stereocenters. The van der Waals surface area contributed by atoms with Crippen LogP contribution in [0.2, 0.25) is 0 Å². The number of hydrogen-bond donors (Lipinski definition) is 1. The average Bonchev–Trinajstić information content (AvgIpc) is 2.76. The predicted octanol–water partition coefficient (Wildman–Crippen LogP) is 3.81. The molecular weight excluding hydrogens is 304 g/mol. The van der Waals surface area contributed by atoms with Crippen molar-refractivity contribution in [3.63, 3.8) is 0 Å². The van der Waals surface area contributed by atoms with Crippen molar-refractivity contribution in [1.82, 2.24) is 9.97 Å². The van der Waals surface area contributed by atoms with Crippen molar-refractivity contribution in [3.05, 3.63) is 11.9 Å². The summed E-state index contributed by atoms with van der Waals surface area (Å²) >= 11 is 3.21. The van der Waals surface area contributed by atoms with E-state index in [-0.39, 0.29) is 0 Å². The average molecular weight is 324 g/mol. The van der Waals surface area contributed by atoms with Crippen molar-refractivity contribution in [1.29, 1.82) is 0 Å². The molecule has 1 aromatic rings. The van der Waals surface area contributed by atoms with Gasteiger partial charge >= 0.3 is 5.97 Å². The third kappa shape index (κ3) is 2.80. The van der Waals surface area contributed by atoms with E-state index < -0.39 is 10.7 Å². The second-order valence-corrected chi connectivity index (χ2v) is 9.34. The van der Waals surface area contributed by atoms with Crippen LogP contribution in [-0.2, 0) is 4.79 Å². The van der Waals surface area contributed by atoms with Gasteiger partial charge in [0.2, 0.25) is 0 Å². The summed E-state index contributed by atoms with van der Waals surface area (Å²) in [6, 6.07) is 0. The zero-order valence-corrected chi connectivity index (χ0v) is 14.1. The summed E-state index contributed by atoms with van der Waals surface area (Å²) in [5, 5.41) is 11.9. The highest BCUT2D eigenvalue weighted by atomic mass is 32.2. The number of rotatable bonds is 3. The summed E-state index contributed by atoms with van der Waals surface area (Å²) in [5.74, 6) is 0.460. The fourth-order valence-electron chi connectivity index (χ4n) is 3.07. The highest BCUT2D eigenvalue weighted by Crippen LogP contribution is 2.54. The third-order valence-corrected chi connectivity index (χ3v) is 6.94. The number of fused-ring (bicyclic) bond motifs is 3. The number of carboxylic acid groups (broad SMARTS) is 1. The van der Waals surface area contributed by atoms with Crippen LogP contribution in [-0.4, -0.2) is 31.0 Å². The van der Waals surface area contributed by atoms with E-state index in [9.17, 15) is 9.90 Å². The molecule has 4 nitrogen and oxygen atoms in total. The molecule has 2 aliphatic rings. The van der Waals surface area contributed by atoms with E-state index in [0.717, 1.165) is 16.0 Å². The maximum absolute atomic E-state index is 11.4. The van der Waals surface area contributed by atoms with Gasteiger partial charge in [-0.2, -0.15) is 0 Å². The largest absolute Gasteiger partial charge is 0.480 e. The van der Waals surface area contributed by atoms with Gasteiger partial charge in [-0.3, -0.25) is 4.79 Å². The van der Waals surface area contributed by atoms with Crippen molar-refractivity contribution in [3.8, 4) is 0 Å². The molecule has 1 aliphatic carbocycles. The van der Waals surface area contributed by atoms with Crippen LogP contribution in [0.4, 0.5) is 0 Å². The number of aliphatic carboxylic acids is 1. The maximum Gasteiger partial charge on any atom is 0.319 e. The maximum atomic E-state index is 11.4. The molecule has 2 heterocycles. The van der Waals surface area contributed by atoms with Crippen molar-refractivity contribution in [2.24, 2.45) is 5.92 Å². The van der Waals surface area contributed by atoms with Gasteiger partial charge in [0.15, 0.2) is 0 Å². The van der Waals surface area contributed by atoms with Gasteiger partial charge in [0, 0.05) is 16.7 Å². The van der Waals surface area contributed by atoms with Crippen LogP contribution in [0.25, 0.3) is 0 Å². The van der Waals surface area contributed by atoms with Gasteiger partial charge in [0.1, 0.15) is 21.1 Å². The first-order valence-electron chi connectivity index (χ1n) is 7.32. The Morgan fingerprint density at radius 1 is 1.43 bits per heavy atom. The minimum absolute atomic E-state index is 0.495. The van der Waals surface area contributed by atoms with Crippen molar-refractivity contribution in [2.45, 2.75) is 66.0 Å². The van der Waals surface area contributed by atoms with E-state index in [2.05, 4.69) is 16.9 Å². The van der Waals surface area contributed by atoms with Gasteiger partial charge in [-0.05, 0) is 32.6 Å². The van der Waals surface area contributed by atoms with Crippen molar-refractivity contribution >= 4 is 29.5 Å². The highest BCUT2D eigenvalue weighted by molar-refractivity contribution is 8.01. The van der Waals surface area contributed by atoms with Crippen LogP contribution in [0.5, 0.6) is 0 Å². The fraction of sp³-hybridized carbons (Fsp3) is 0.667. The Morgan fingerprint density at radius 2 is 2.19 bits per heavy atom. The van der Waals surface area contributed by atoms with E-state index in [0.29, 0.717) is 11.2 Å². The molecule has 1 N–H and O–H groups in total. The first kappa shape index (κ1) is 15.2. The van der Waals surface area contributed by atoms with Crippen molar-refractivity contribution < 1.29 is 9.90 Å². The molecule has 1 saturated carbocycles. The molecule has 1 aromatic heterocycles. The molecule has 0 radical (unpaired) electrons. The topological polar surface area (TPSA) is 63.1 Å². The zero-order valence-electron chi connectivity index (χ0n) is 12.5. The molecule has 114 valence electrons. The molecule has 0 spiro atoms. The Bertz CT molecular complexity index is 577. The number of aromatic nitrogens is 2. The highest BCUT2D eigenvalue weighted by Gasteiger charge is 2.41. The lowest BCUT2D eigenvalue weighted by molar-refractivity contribution is -0.138. The Labute approximate surface area is 133 Å². The third-order valence-electron chi connectivity index (χ3n) is 4.37. The fourth-order valence-corrected chi connectivity index (χ4v) is 5.80. The van der Waals surface area contributed by atoms with Gasteiger partial charge in [-0.15, -0.1) is 11.8 Å². The van der Waals surface area contributed by atoms with Crippen LogP contribution in [0, 0.1) is 5.92 Å². The van der Waals surface area contributed by atoms with E-state index in [1.807, 2.05) is 11.8 Å². The molecule has 21 heavy (non-hydrogen) atoms. The Balaban J connectivity index is 1.93. The SMILES string of the molecule is CC1CCC2c3c(ncnc3SC(C)(C)C(=O)O)SC2C1. The van der Waals surface area contributed by atoms with Gasteiger partial charge in [0.05, 0.1) is 0 Å². The van der Waals surface area contributed by atoms with Gasteiger partial charge < -0.3 is 5.11 Å². The Kier molecular flexibility index (Phi) is 3.94. The minimum Gasteiger partial charge on any atom is -0.480 e. The molecule has 1 fully saturated rings. The molecule has 6 heteroatoms. The number of nitrogens with zero attached hydrogens (tertiary/aromatic N) is 2.